The summed E-state index contributed by atoms with van der Waals surface area (Å²) in [5, 5.41) is 44.7. The molecule has 0 aliphatic heterocycles. The SMILES string of the molecule is OCCCC(O)C(CO)(CO)CO. The predicted molar refractivity (Wildman–Crippen MR) is 46.0 cm³/mol. The normalized spacial score (nSPS) is 14.5. The maximum atomic E-state index is 9.50. The lowest BCUT2D eigenvalue weighted by atomic mass is 9.82. The summed E-state index contributed by atoms with van der Waals surface area (Å²) >= 11 is 0. The fourth-order valence-electron chi connectivity index (χ4n) is 1.06. The molecule has 5 nitrogen and oxygen atoms in total. The van der Waals surface area contributed by atoms with E-state index >= 15 is 0 Å². The monoisotopic (exact) mass is 194 g/mol. The molecular weight excluding hydrogens is 176 g/mol. The molecule has 0 aromatic rings. The summed E-state index contributed by atoms with van der Waals surface area (Å²) in [7, 11) is 0. The van der Waals surface area contributed by atoms with Crippen LogP contribution in [-0.4, -0.2) is 58.1 Å². The smallest absolute Gasteiger partial charge is 0.0663 e. The van der Waals surface area contributed by atoms with Gasteiger partial charge < -0.3 is 25.5 Å². The highest BCUT2D eigenvalue weighted by atomic mass is 16.3. The molecule has 1 atom stereocenters. The van der Waals surface area contributed by atoms with Crippen LogP contribution in [0.25, 0.3) is 0 Å². The molecule has 0 bridgehead atoms. The van der Waals surface area contributed by atoms with Gasteiger partial charge in [0, 0.05) is 6.61 Å². The molecule has 1 unspecified atom stereocenters. The molecule has 0 aliphatic rings. The average Bonchev–Trinajstić information content (AvgIpc) is 2.18. The van der Waals surface area contributed by atoms with Crippen LogP contribution in [0.1, 0.15) is 12.8 Å². The third-order valence-corrected chi connectivity index (χ3v) is 2.29. The summed E-state index contributed by atoms with van der Waals surface area (Å²) in [5.41, 5.74) is -1.25. The highest BCUT2D eigenvalue weighted by Gasteiger charge is 2.35. The highest BCUT2D eigenvalue weighted by Crippen LogP contribution is 2.23. The minimum Gasteiger partial charge on any atom is -0.396 e. The summed E-state index contributed by atoms with van der Waals surface area (Å²) in [6.45, 7) is -1.50. The first kappa shape index (κ1) is 12.8. The summed E-state index contributed by atoms with van der Waals surface area (Å²) < 4.78 is 0. The molecule has 5 N–H and O–H groups in total. The first-order chi connectivity index (χ1) is 6.16. The topological polar surface area (TPSA) is 101 Å². The van der Waals surface area contributed by atoms with Gasteiger partial charge in [0.2, 0.25) is 0 Å². The van der Waals surface area contributed by atoms with Crippen molar-refractivity contribution in [3.63, 3.8) is 0 Å². The summed E-state index contributed by atoms with van der Waals surface area (Å²) in [5.74, 6) is 0. The van der Waals surface area contributed by atoms with Crippen molar-refractivity contribution < 1.29 is 25.5 Å². The second-order valence-corrected chi connectivity index (χ2v) is 3.22. The predicted octanol–water partition coefficient (Wildman–Crippen LogP) is -1.92. The van der Waals surface area contributed by atoms with Gasteiger partial charge in [-0.15, -0.1) is 0 Å². The van der Waals surface area contributed by atoms with Crippen molar-refractivity contribution in [3.05, 3.63) is 0 Å². The molecule has 0 fully saturated rings. The molecule has 0 radical (unpaired) electrons. The second kappa shape index (κ2) is 6.28. The van der Waals surface area contributed by atoms with Crippen molar-refractivity contribution in [2.24, 2.45) is 5.41 Å². The zero-order valence-corrected chi connectivity index (χ0v) is 7.56. The molecule has 80 valence electrons. The van der Waals surface area contributed by atoms with Crippen LogP contribution in [0.4, 0.5) is 0 Å². The molecule has 0 amide bonds. The van der Waals surface area contributed by atoms with E-state index in [1.54, 1.807) is 0 Å². The van der Waals surface area contributed by atoms with Gasteiger partial charge in [-0.25, -0.2) is 0 Å². The van der Waals surface area contributed by atoms with Gasteiger partial charge in [0.05, 0.1) is 31.3 Å². The van der Waals surface area contributed by atoms with Gasteiger partial charge in [0.25, 0.3) is 0 Å². The Bertz CT molecular complexity index is 115. The lowest BCUT2D eigenvalue weighted by Crippen LogP contribution is -2.45. The number of hydrogen-bond donors (Lipinski definition) is 5. The van der Waals surface area contributed by atoms with Crippen LogP contribution in [-0.2, 0) is 0 Å². The van der Waals surface area contributed by atoms with Gasteiger partial charge in [0.15, 0.2) is 0 Å². The Kier molecular flexibility index (Phi) is 6.19. The Morgan fingerprint density at radius 2 is 1.38 bits per heavy atom. The van der Waals surface area contributed by atoms with Crippen molar-refractivity contribution in [3.8, 4) is 0 Å². The lowest BCUT2D eigenvalue weighted by Gasteiger charge is -2.32. The van der Waals surface area contributed by atoms with Crippen LogP contribution in [0.3, 0.4) is 0 Å². The van der Waals surface area contributed by atoms with Crippen molar-refractivity contribution in [2.75, 3.05) is 26.4 Å². The van der Waals surface area contributed by atoms with E-state index < -0.39 is 31.3 Å². The van der Waals surface area contributed by atoms with Crippen LogP contribution in [0, 0.1) is 5.41 Å². The second-order valence-electron chi connectivity index (χ2n) is 3.22. The summed E-state index contributed by atoms with van der Waals surface area (Å²) in [6.07, 6.45) is -0.374. The Morgan fingerprint density at radius 1 is 0.923 bits per heavy atom. The van der Waals surface area contributed by atoms with Gasteiger partial charge in [-0.2, -0.15) is 0 Å². The van der Waals surface area contributed by atoms with Crippen molar-refractivity contribution in [1.82, 2.24) is 0 Å². The first-order valence-corrected chi connectivity index (χ1v) is 4.28. The number of rotatable bonds is 7. The number of hydrogen-bond acceptors (Lipinski definition) is 5. The zero-order valence-electron chi connectivity index (χ0n) is 7.56. The van der Waals surface area contributed by atoms with Gasteiger partial charge in [0.1, 0.15) is 0 Å². The molecule has 0 saturated heterocycles. The zero-order chi connectivity index (χ0) is 10.3. The van der Waals surface area contributed by atoms with Crippen LogP contribution in [0.15, 0.2) is 0 Å². The van der Waals surface area contributed by atoms with Crippen molar-refractivity contribution in [1.29, 1.82) is 0 Å². The Labute approximate surface area is 77.3 Å². The maximum absolute atomic E-state index is 9.50. The Balaban J connectivity index is 4.17. The average molecular weight is 194 g/mol. The van der Waals surface area contributed by atoms with Gasteiger partial charge in [-0.1, -0.05) is 0 Å². The third-order valence-electron chi connectivity index (χ3n) is 2.29. The molecule has 5 heteroatoms. The van der Waals surface area contributed by atoms with E-state index in [0.717, 1.165) is 0 Å². The molecule has 13 heavy (non-hydrogen) atoms. The van der Waals surface area contributed by atoms with Crippen LogP contribution in [0.5, 0.6) is 0 Å². The van der Waals surface area contributed by atoms with E-state index in [0.29, 0.717) is 6.42 Å². The third kappa shape index (κ3) is 3.21. The van der Waals surface area contributed by atoms with E-state index in [1.165, 1.54) is 0 Å². The van der Waals surface area contributed by atoms with E-state index in [-0.39, 0.29) is 13.0 Å². The molecular formula is C8H18O5. The molecule has 0 aromatic carbocycles. The summed E-state index contributed by atoms with van der Waals surface area (Å²) in [4.78, 5) is 0. The minimum atomic E-state index is -1.25. The van der Waals surface area contributed by atoms with E-state index in [4.69, 9.17) is 20.4 Å². The molecule has 0 rings (SSSR count). The van der Waals surface area contributed by atoms with Crippen molar-refractivity contribution >= 4 is 0 Å². The quantitative estimate of drug-likeness (QED) is 0.325. The molecule has 0 saturated carbocycles. The van der Waals surface area contributed by atoms with Gasteiger partial charge in [-0.05, 0) is 12.8 Å². The minimum absolute atomic E-state index is 0.0601. The van der Waals surface area contributed by atoms with E-state index in [1.807, 2.05) is 0 Å². The summed E-state index contributed by atoms with van der Waals surface area (Å²) in [6, 6.07) is 0. The Morgan fingerprint density at radius 3 is 1.69 bits per heavy atom. The molecule has 0 spiro atoms. The maximum Gasteiger partial charge on any atom is 0.0663 e. The lowest BCUT2D eigenvalue weighted by molar-refractivity contribution is -0.0870. The number of aliphatic hydroxyl groups excluding tert-OH is 5. The fourth-order valence-corrected chi connectivity index (χ4v) is 1.06. The first-order valence-electron chi connectivity index (χ1n) is 4.28. The van der Waals surface area contributed by atoms with Crippen LogP contribution in [0.2, 0.25) is 0 Å². The van der Waals surface area contributed by atoms with Gasteiger partial charge >= 0.3 is 0 Å². The fraction of sp³-hybridized carbons (Fsp3) is 1.00. The van der Waals surface area contributed by atoms with Crippen molar-refractivity contribution in [2.45, 2.75) is 18.9 Å². The largest absolute Gasteiger partial charge is 0.396 e. The molecule has 0 aliphatic carbocycles. The van der Waals surface area contributed by atoms with Crippen LogP contribution < -0.4 is 0 Å². The Hall–Kier alpha value is -0.200. The number of aliphatic hydroxyl groups is 5. The van der Waals surface area contributed by atoms with E-state index in [2.05, 4.69) is 0 Å². The highest BCUT2D eigenvalue weighted by molar-refractivity contribution is 4.84. The van der Waals surface area contributed by atoms with Gasteiger partial charge in [-0.3, -0.25) is 0 Å². The van der Waals surface area contributed by atoms with E-state index in [9.17, 15) is 5.11 Å². The molecule has 0 aromatic heterocycles. The molecule has 0 heterocycles. The van der Waals surface area contributed by atoms with Crippen LogP contribution >= 0.6 is 0 Å². The standard InChI is InChI=1S/C8H18O5/c9-3-1-2-7(13)8(4-10,5-11)6-12/h7,9-13H,1-6H2.